The van der Waals surface area contributed by atoms with Crippen LogP contribution in [-0.4, -0.2) is 23.6 Å². The molecule has 0 saturated heterocycles. The van der Waals surface area contributed by atoms with Gasteiger partial charge in [-0.05, 0) is 0 Å². The molecular formula is C32H20N2Se. The quantitative estimate of drug-likeness (QED) is 0.208. The molecule has 0 N–H and O–H groups in total. The molecule has 0 aliphatic carbocycles. The van der Waals surface area contributed by atoms with Gasteiger partial charge < -0.3 is 0 Å². The summed E-state index contributed by atoms with van der Waals surface area (Å²) in [4.78, 5) is 0. The first-order chi connectivity index (χ1) is 17.4. The minimum absolute atomic E-state index is 0.286. The van der Waals surface area contributed by atoms with Crippen LogP contribution in [0.4, 0.5) is 0 Å². The Balaban J connectivity index is 1.52. The van der Waals surface area contributed by atoms with Crippen LogP contribution in [0, 0.1) is 0 Å². The van der Waals surface area contributed by atoms with E-state index in [-0.39, 0.29) is 14.5 Å². The Hall–Kier alpha value is -4.04. The van der Waals surface area contributed by atoms with Gasteiger partial charge in [0.1, 0.15) is 0 Å². The first-order valence-corrected chi connectivity index (χ1v) is 13.6. The number of hydrogen-bond acceptors (Lipinski definition) is 0. The molecule has 5 aromatic carbocycles. The van der Waals surface area contributed by atoms with Gasteiger partial charge in [-0.25, -0.2) is 0 Å². The van der Waals surface area contributed by atoms with Crippen LogP contribution < -0.4 is 0 Å². The zero-order valence-electron chi connectivity index (χ0n) is 18.8. The van der Waals surface area contributed by atoms with Crippen molar-refractivity contribution in [2.75, 3.05) is 0 Å². The van der Waals surface area contributed by atoms with E-state index in [4.69, 9.17) is 0 Å². The van der Waals surface area contributed by atoms with Crippen LogP contribution in [-0.2, 0) is 0 Å². The maximum atomic E-state index is 2.50. The van der Waals surface area contributed by atoms with E-state index in [1.54, 1.807) is 0 Å². The van der Waals surface area contributed by atoms with E-state index in [0.29, 0.717) is 0 Å². The Labute approximate surface area is 208 Å². The normalized spacial score (nSPS) is 12.0. The van der Waals surface area contributed by atoms with Crippen LogP contribution in [0.1, 0.15) is 0 Å². The van der Waals surface area contributed by atoms with Crippen molar-refractivity contribution in [2.45, 2.75) is 0 Å². The average Bonchev–Trinajstić information content (AvgIpc) is 3.59. The van der Waals surface area contributed by atoms with Crippen molar-refractivity contribution in [3.8, 4) is 11.4 Å². The Morgan fingerprint density at radius 2 is 1.29 bits per heavy atom. The number of fused-ring (bicyclic) bond motifs is 7. The number of benzene rings is 5. The second-order valence-corrected chi connectivity index (χ2v) is 11.3. The van der Waals surface area contributed by atoms with Crippen molar-refractivity contribution in [2.24, 2.45) is 0 Å². The summed E-state index contributed by atoms with van der Waals surface area (Å²) in [6.45, 7) is 0. The molecule has 3 heterocycles. The molecule has 0 bridgehead atoms. The Morgan fingerprint density at radius 1 is 0.514 bits per heavy atom. The van der Waals surface area contributed by atoms with Gasteiger partial charge in [0.25, 0.3) is 0 Å². The molecule has 0 radical (unpaired) electrons. The molecule has 35 heavy (non-hydrogen) atoms. The first-order valence-electron chi connectivity index (χ1n) is 11.9. The summed E-state index contributed by atoms with van der Waals surface area (Å²) in [6.07, 6.45) is 2.19. The average molecular weight is 511 g/mol. The van der Waals surface area contributed by atoms with Gasteiger partial charge in [0.05, 0.1) is 0 Å². The molecule has 0 saturated carbocycles. The number of para-hydroxylation sites is 2. The topological polar surface area (TPSA) is 9.86 Å². The molecule has 0 amide bonds. The number of hydrogen-bond donors (Lipinski definition) is 0. The maximum absolute atomic E-state index is 2.50. The fraction of sp³-hybridized carbons (Fsp3) is 0. The zero-order chi connectivity index (χ0) is 22.9. The van der Waals surface area contributed by atoms with E-state index in [9.17, 15) is 0 Å². The fourth-order valence-electron chi connectivity index (χ4n) is 5.58. The number of rotatable bonds is 2. The van der Waals surface area contributed by atoms with Gasteiger partial charge >= 0.3 is 208 Å². The van der Waals surface area contributed by atoms with Crippen molar-refractivity contribution in [3.05, 3.63) is 121 Å². The van der Waals surface area contributed by atoms with Gasteiger partial charge in [0, 0.05) is 0 Å². The number of aromatic nitrogens is 2. The predicted molar refractivity (Wildman–Crippen MR) is 150 cm³/mol. The molecule has 3 heteroatoms. The van der Waals surface area contributed by atoms with E-state index in [2.05, 4.69) is 131 Å². The third-order valence-corrected chi connectivity index (χ3v) is 9.68. The molecule has 0 aliphatic heterocycles. The van der Waals surface area contributed by atoms with Crippen LogP contribution in [0.15, 0.2) is 121 Å². The molecule has 8 rings (SSSR count). The van der Waals surface area contributed by atoms with Crippen molar-refractivity contribution in [1.29, 1.82) is 0 Å². The Kier molecular flexibility index (Phi) is 3.98. The minimum atomic E-state index is 0.286. The van der Waals surface area contributed by atoms with Gasteiger partial charge in [-0.15, -0.1) is 0 Å². The first kappa shape index (κ1) is 19.3. The fourth-order valence-corrected chi connectivity index (χ4v) is 8.11. The predicted octanol–water partition coefficient (Wildman–Crippen LogP) is 8.09. The van der Waals surface area contributed by atoms with Gasteiger partial charge in [-0.1, -0.05) is 0 Å². The van der Waals surface area contributed by atoms with E-state index >= 15 is 0 Å². The summed E-state index contributed by atoms with van der Waals surface area (Å²) in [5, 5.41) is 6.65. The molecule has 0 atom stereocenters. The summed E-state index contributed by atoms with van der Waals surface area (Å²) in [7, 11) is 0. The van der Waals surface area contributed by atoms with Crippen LogP contribution in [0.3, 0.4) is 0 Å². The molecule has 0 spiro atoms. The third kappa shape index (κ3) is 2.71. The van der Waals surface area contributed by atoms with E-state index in [0.717, 1.165) is 0 Å². The van der Waals surface area contributed by atoms with Gasteiger partial charge in [0.2, 0.25) is 0 Å². The molecule has 0 unspecified atom stereocenters. The molecule has 8 aromatic rings. The van der Waals surface area contributed by atoms with Gasteiger partial charge in [-0.3, -0.25) is 0 Å². The van der Waals surface area contributed by atoms with Crippen LogP contribution >= 0.6 is 0 Å². The molecule has 2 nitrogen and oxygen atoms in total. The Morgan fingerprint density at radius 3 is 2.20 bits per heavy atom. The van der Waals surface area contributed by atoms with Crippen molar-refractivity contribution in [1.82, 2.24) is 9.13 Å². The third-order valence-electron chi connectivity index (χ3n) is 7.14. The summed E-state index contributed by atoms with van der Waals surface area (Å²) in [6, 6.07) is 42.1. The summed E-state index contributed by atoms with van der Waals surface area (Å²) in [5.74, 6) is 0. The molecule has 3 aromatic heterocycles. The van der Waals surface area contributed by atoms with E-state index in [1.165, 1.54) is 63.4 Å². The second kappa shape index (κ2) is 7.23. The van der Waals surface area contributed by atoms with Crippen molar-refractivity contribution in [3.63, 3.8) is 0 Å². The Bertz CT molecular complexity index is 2050. The monoisotopic (exact) mass is 512 g/mol. The van der Waals surface area contributed by atoms with Crippen molar-refractivity contribution >= 4 is 66.5 Å². The standard InChI is InChI=1S/C32H20N2Se/c1-2-9-22(10-3-1)33-18-17-21-19-26-23-11-4-6-14-27(23)34(30(26)20-29(21)33)28-15-8-13-25-24-12-5-7-16-31(24)35-32(25)28/h1-20H. The summed E-state index contributed by atoms with van der Waals surface area (Å²) < 4.78 is 7.75. The van der Waals surface area contributed by atoms with Crippen LogP contribution in [0.25, 0.3) is 63.4 Å². The van der Waals surface area contributed by atoms with Crippen molar-refractivity contribution < 1.29 is 0 Å². The van der Waals surface area contributed by atoms with E-state index in [1.807, 2.05) is 0 Å². The van der Waals surface area contributed by atoms with Gasteiger partial charge in [0.15, 0.2) is 0 Å². The van der Waals surface area contributed by atoms with E-state index < -0.39 is 0 Å². The zero-order valence-corrected chi connectivity index (χ0v) is 20.6. The number of nitrogens with zero attached hydrogens (tertiary/aromatic N) is 2. The van der Waals surface area contributed by atoms with Crippen LogP contribution in [0.2, 0.25) is 0 Å². The van der Waals surface area contributed by atoms with Gasteiger partial charge in [-0.2, -0.15) is 0 Å². The molecule has 164 valence electrons. The SMILES string of the molecule is c1ccc(-n2ccc3cc4c5ccccc5n(-c5cccc6c5[se]c5ccccc56)c4cc32)cc1. The molecule has 0 fully saturated rings. The second-order valence-electron chi connectivity index (χ2n) is 9.05. The molecule has 0 aliphatic rings. The summed E-state index contributed by atoms with van der Waals surface area (Å²) in [5.41, 5.74) is 6.25. The summed E-state index contributed by atoms with van der Waals surface area (Å²) >= 11 is 0.286. The molecular weight excluding hydrogens is 491 g/mol. The van der Waals surface area contributed by atoms with Crippen LogP contribution in [0.5, 0.6) is 0 Å².